The lowest BCUT2D eigenvalue weighted by atomic mass is 10.3. The molecular weight excluding hydrogens is 169 g/mol. The highest BCUT2D eigenvalue weighted by atomic mass is 19.1. The first-order chi connectivity index (χ1) is 6.22. The van der Waals surface area contributed by atoms with Gasteiger partial charge in [0.25, 0.3) is 0 Å². The summed E-state index contributed by atoms with van der Waals surface area (Å²) in [5.74, 6) is 0.00222. The van der Waals surface area contributed by atoms with Crippen LogP contribution in [0.15, 0.2) is 29.3 Å². The van der Waals surface area contributed by atoms with Gasteiger partial charge in [-0.2, -0.15) is 0 Å². The number of nitrogens with zero attached hydrogens (tertiary/aromatic N) is 1. The van der Waals surface area contributed by atoms with Gasteiger partial charge in [0.05, 0.1) is 0 Å². The standard InChI is InChI=1S/C9H12FN3/c1-2-12-9(11)13-8-5-3-4-7(10)6-8/h3-6H,2H2,1H3,(H3,11,12,13). The third-order valence-corrected chi connectivity index (χ3v) is 1.43. The fourth-order valence-corrected chi connectivity index (χ4v) is 0.924. The molecule has 0 saturated carbocycles. The van der Waals surface area contributed by atoms with Crippen LogP contribution >= 0.6 is 0 Å². The molecule has 0 heterocycles. The van der Waals surface area contributed by atoms with E-state index in [-0.39, 0.29) is 5.82 Å². The molecule has 4 heteroatoms. The molecule has 0 amide bonds. The predicted molar refractivity (Wildman–Crippen MR) is 52.2 cm³/mol. The third kappa shape index (κ3) is 3.11. The van der Waals surface area contributed by atoms with E-state index in [0.29, 0.717) is 18.2 Å². The van der Waals surface area contributed by atoms with Crippen LogP contribution in [0, 0.1) is 5.82 Å². The highest BCUT2D eigenvalue weighted by Gasteiger charge is 1.95. The van der Waals surface area contributed by atoms with E-state index < -0.39 is 0 Å². The van der Waals surface area contributed by atoms with Crippen LogP contribution in [0.5, 0.6) is 0 Å². The molecule has 0 aliphatic heterocycles. The summed E-state index contributed by atoms with van der Waals surface area (Å²) in [6.07, 6.45) is 0. The lowest BCUT2D eigenvalue weighted by Gasteiger charge is -2.04. The molecular formula is C9H12FN3. The zero-order chi connectivity index (χ0) is 9.68. The average Bonchev–Trinajstić information content (AvgIpc) is 2.04. The molecule has 1 rings (SSSR count). The lowest BCUT2D eigenvalue weighted by molar-refractivity contribution is 0.628. The smallest absolute Gasteiger partial charge is 0.193 e. The van der Waals surface area contributed by atoms with Crippen molar-refractivity contribution < 1.29 is 4.39 Å². The van der Waals surface area contributed by atoms with E-state index >= 15 is 0 Å². The van der Waals surface area contributed by atoms with E-state index in [4.69, 9.17) is 5.73 Å². The van der Waals surface area contributed by atoms with Gasteiger partial charge in [-0.15, -0.1) is 0 Å². The Kier molecular flexibility index (Phi) is 3.25. The quantitative estimate of drug-likeness (QED) is 0.537. The summed E-state index contributed by atoms with van der Waals surface area (Å²) in [7, 11) is 0. The van der Waals surface area contributed by atoms with Crippen molar-refractivity contribution in [3.8, 4) is 0 Å². The number of aliphatic imine (C=N–C) groups is 1. The summed E-state index contributed by atoms with van der Waals surface area (Å²) >= 11 is 0. The number of hydrogen-bond acceptors (Lipinski definition) is 1. The fourth-order valence-electron chi connectivity index (χ4n) is 0.924. The molecule has 0 aliphatic carbocycles. The van der Waals surface area contributed by atoms with Crippen LogP contribution in [0.2, 0.25) is 0 Å². The van der Waals surface area contributed by atoms with Crippen LogP contribution in [-0.4, -0.2) is 12.5 Å². The number of guanidine groups is 1. The van der Waals surface area contributed by atoms with Crippen LogP contribution < -0.4 is 11.1 Å². The SMILES string of the molecule is CCN=C(N)Nc1cccc(F)c1. The highest BCUT2D eigenvalue weighted by molar-refractivity contribution is 5.92. The second-order valence-electron chi connectivity index (χ2n) is 2.49. The van der Waals surface area contributed by atoms with E-state index in [1.165, 1.54) is 12.1 Å². The molecule has 0 atom stereocenters. The Hall–Kier alpha value is -1.58. The molecule has 0 spiro atoms. The van der Waals surface area contributed by atoms with Crippen molar-refractivity contribution in [3.05, 3.63) is 30.1 Å². The Morgan fingerprint density at radius 1 is 1.62 bits per heavy atom. The summed E-state index contributed by atoms with van der Waals surface area (Å²) in [6.45, 7) is 2.48. The van der Waals surface area contributed by atoms with Gasteiger partial charge in [-0.25, -0.2) is 4.39 Å². The Labute approximate surface area is 76.5 Å². The summed E-state index contributed by atoms with van der Waals surface area (Å²) in [6, 6.07) is 6.06. The number of hydrogen-bond donors (Lipinski definition) is 2. The highest BCUT2D eigenvalue weighted by Crippen LogP contribution is 2.08. The van der Waals surface area contributed by atoms with Crippen molar-refractivity contribution in [1.82, 2.24) is 0 Å². The monoisotopic (exact) mass is 181 g/mol. The summed E-state index contributed by atoms with van der Waals surface area (Å²) in [4.78, 5) is 3.91. The van der Waals surface area contributed by atoms with Crippen molar-refractivity contribution in [2.45, 2.75) is 6.92 Å². The first-order valence-electron chi connectivity index (χ1n) is 4.05. The van der Waals surface area contributed by atoms with E-state index in [2.05, 4.69) is 10.3 Å². The van der Waals surface area contributed by atoms with E-state index in [0.717, 1.165) is 0 Å². The molecule has 0 unspecified atom stereocenters. The van der Waals surface area contributed by atoms with Crippen LogP contribution in [0.1, 0.15) is 6.92 Å². The predicted octanol–water partition coefficient (Wildman–Crippen LogP) is 1.57. The zero-order valence-corrected chi connectivity index (χ0v) is 7.42. The Morgan fingerprint density at radius 2 is 2.38 bits per heavy atom. The summed E-state index contributed by atoms with van der Waals surface area (Å²) in [5.41, 5.74) is 6.09. The van der Waals surface area contributed by atoms with Gasteiger partial charge in [-0.05, 0) is 25.1 Å². The fraction of sp³-hybridized carbons (Fsp3) is 0.222. The Morgan fingerprint density at radius 3 is 3.00 bits per heavy atom. The number of benzene rings is 1. The minimum Gasteiger partial charge on any atom is -0.370 e. The largest absolute Gasteiger partial charge is 0.370 e. The van der Waals surface area contributed by atoms with Gasteiger partial charge in [0.15, 0.2) is 5.96 Å². The van der Waals surface area contributed by atoms with Gasteiger partial charge in [0.1, 0.15) is 5.82 Å². The van der Waals surface area contributed by atoms with Crippen molar-refractivity contribution in [2.75, 3.05) is 11.9 Å². The molecule has 3 N–H and O–H groups in total. The Bertz CT molecular complexity index is 309. The van der Waals surface area contributed by atoms with Gasteiger partial charge >= 0.3 is 0 Å². The number of halogens is 1. The van der Waals surface area contributed by atoms with E-state index in [1.807, 2.05) is 6.92 Å². The van der Waals surface area contributed by atoms with Gasteiger partial charge in [0, 0.05) is 12.2 Å². The molecule has 0 aromatic heterocycles. The average molecular weight is 181 g/mol. The van der Waals surface area contributed by atoms with Crippen LogP contribution in [0.3, 0.4) is 0 Å². The number of anilines is 1. The molecule has 0 aliphatic rings. The number of nitrogens with one attached hydrogen (secondary N) is 1. The van der Waals surface area contributed by atoms with E-state index in [9.17, 15) is 4.39 Å². The first-order valence-corrected chi connectivity index (χ1v) is 4.05. The second kappa shape index (κ2) is 4.45. The molecule has 13 heavy (non-hydrogen) atoms. The van der Waals surface area contributed by atoms with Gasteiger partial charge in [-0.3, -0.25) is 4.99 Å². The number of rotatable bonds is 2. The maximum atomic E-state index is 12.7. The molecule has 0 bridgehead atoms. The molecule has 1 aromatic rings. The van der Waals surface area contributed by atoms with Crippen LogP contribution in [-0.2, 0) is 0 Å². The summed E-state index contributed by atoms with van der Waals surface area (Å²) in [5, 5.41) is 2.77. The van der Waals surface area contributed by atoms with E-state index in [1.54, 1.807) is 12.1 Å². The number of nitrogens with two attached hydrogens (primary N) is 1. The molecule has 0 radical (unpaired) electrons. The van der Waals surface area contributed by atoms with Crippen molar-refractivity contribution in [1.29, 1.82) is 0 Å². The zero-order valence-electron chi connectivity index (χ0n) is 7.42. The second-order valence-corrected chi connectivity index (χ2v) is 2.49. The van der Waals surface area contributed by atoms with Crippen LogP contribution in [0.4, 0.5) is 10.1 Å². The third-order valence-electron chi connectivity index (χ3n) is 1.43. The van der Waals surface area contributed by atoms with Crippen LogP contribution in [0.25, 0.3) is 0 Å². The van der Waals surface area contributed by atoms with Gasteiger partial charge < -0.3 is 11.1 Å². The topological polar surface area (TPSA) is 50.4 Å². The van der Waals surface area contributed by atoms with Crippen molar-refractivity contribution in [3.63, 3.8) is 0 Å². The maximum Gasteiger partial charge on any atom is 0.193 e. The molecule has 0 saturated heterocycles. The molecule has 3 nitrogen and oxygen atoms in total. The molecule has 0 fully saturated rings. The molecule has 1 aromatic carbocycles. The van der Waals surface area contributed by atoms with Crippen molar-refractivity contribution >= 4 is 11.6 Å². The van der Waals surface area contributed by atoms with Crippen molar-refractivity contribution in [2.24, 2.45) is 10.7 Å². The first kappa shape index (κ1) is 9.51. The van der Waals surface area contributed by atoms with Gasteiger partial charge in [-0.1, -0.05) is 6.07 Å². The summed E-state index contributed by atoms with van der Waals surface area (Å²) < 4.78 is 12.7. The minimum atomic E-state index is -0.297. The Balaban J connectivity index is 2.69. The minimum absolute atomic E-state index is 0.297. The van der Waals surface area contributed by atoms with Gasteiger partial charge in [0.2, 0.25) is 0 Å². The maximum absolute atomic E-state index is 12.7. The normalized spacial score (nSPS) is 11.4. The lowest BCUT2D eigenvalue weighted by Crippen LogP contribution is -2.22. The molecule has 70 valence electrons.